The molecule has 0 atom stereocenters. The predicted molar refractivity (Wildman–Crippen MR) is 84.1 cm³/mol. The zero-order valence-electron chi connectivity index (χ0n) is 13.2. The van der Waals surface area contributed by atoms with Crippen molar-refractivity contribution >= 4 is 15.9 Å². The Morgan fingerprint density at radius 3 is 2.50 bits per heavy atom. The molecule has 0 spiro atoms. The molecule has 0 aliphatic rings. The zero-order chi connectivity index (χ0) is 16.8. The number of hydrogen-bond donors (Lipinski definition) is 1. The van der Waals surface area contributed by atoms with Crippen molar-refractivity contribution in [2.75, 3.05) is 19.3 Å². The summed E-state index contributed by atoms with van der Waals surface area (Å²) >= 11 is 0. The minimum Gasteiger partial charge on any atom is -0.355 e. The lowest BCUT2D eigenvalue weighted by molar-refractivity contribution is -0.121. The summed E-state index contributed by atoms with van der Waals surface area (Å²) in [6, 6.07) is 6.05. The number of carbonyl (C=O) groups is 1. The standard InChI is InChI=1S/C15H23FN2O3S/c1-12(2)10-15(19)17-8-9-18(22(3,20)21)11-13-6-4-5-7-14(13)16/h4-7,12H,8-11H2,1-3H3,(H,17,19). The van der Waals surface area contributed by atoms with E-state index in [9.17, 15) is 17.6 Å². The first kappa shape index (κ1) is 18.6. The summed E-state index contributed by atoms with van der Waals surface area (Å²) in [7, 11) is -3.49. The van der Waals surface area contributed by atoms with Gasteiger partial charge in [0.1, 0.15) is 5.82 Å². The molecule has 0 aromatic heterocycles. The molecule has 5 nitrogen and oxygen atoms in total. The van der Waals surface area contributed by atoms with E-state index in [1.54, 1.807) is 18.2 Å². The molecule has 1 amide bonds. The molecule has 0 radical (unpaired) electrons. The zero-order valence-corrected chi connectivity index (χ0v) is 14.0. The van der Waals surface area contributed by atoms with Gasteiger partial charge in [-0.1, -0.05) is 32.0 Å². The second kappa shape index (κ2) is 8.24. The van der Waals surface area contributed by atoms with Crippen molar-refractivity contribution in [3.05, 3.63) is 35.6 Å². The van der Waals surface area contributed by atoms with Crippen LogP contribution >= 0.6 is 0 Å². The number of sulfonamides is 1. The maximum atomic E-state index is 13.6. The van der Waals surface area contributed by atoms with E-state index in [0.717, 1.165) is 10.6 Å². The van der Waals surface area contributed by atoms with Gasteiger partial charge in [-0.05, 0) is 12.0 Å². The van der Waals surface area contributed by atoms with E-state index in [1.165, 1.54) is 6.07 Å². The Bertz CT molecular complexity index is 603. The number of halogens is 1. The Labute approximate surface area is 131 Å². The van der Waals surface area contributed by atoms with E-state index in [1.807, 2.05) is 13.8 Å². The topological polar surface area (TPSA) is 66.5 Å². The molecule has 7 heteroatoms. The van der Waals surface area contributed by atoms with Gasteiger partial charge >= 0.3 is 0 Å². The molecule has 1 aromatic carbocycles. The lowest BCUT2D eigenvalue weighted by Gasteiger charge is -2.20. The van der Waals surface area contributed by atoms with Gasteiger partial charge in [0.15, 0.2) is 0 Å². The Kier molecular flexibility index (Phi) is 6.96. The average Bonchev–Trinajstić information content (AvgIpc) is 2.37. The van der Waals surface area contributed by atoms with Gasteiger partial charge in [0.05, 0.1) is 6.26 Å². The summed E-state index contributed by atoms with van der Waals surface area (Å²) in [5.41, 5.74) is 0.307. The van der Waals surface area contributed by atoms with Gasteiger partial charge in [-0.2, -0.15) is 4.31 Å². The number of rotatable bonds is 8. The highest BCUT2D eigenvalue weighted by molar-refractivity contribution is 7.88. The van der Waals surface area contributed by atoms with Crippen molar-refractivity contribution in [3.8, 4) is 0 Å². The highest BCUT2D eigenvalue weighted by atomic mass is 32.2. The molecule has 124 valence electrons. The second-order valence-electron chi connectivity index (χ2n) is 5.64. The van der Waals surface area contributed by atoms with Crippen LogP contribution in [0.15, 0.2) is 24.3 Å². The first-order valence-corrected chi connectivity index (χ1v) is 9.00. The number of nitrogens with one attached hydrogen (secondary N) is 1. The third kappa shape index (κ3) is 6.53. The molecule has 0 unspecified atom stereocenters. The van der Waals surface area contributed by atoms with Crippen LogP contribution in [0.5, 0.6) is 0 Å². The Balaban J connectivity index is 2.64. The van der Waals surface area contributed by atoms with Crippen LogP contribution in [0.25, 0.3) is 0 Å². The molecular weight excluding hydrogens is 307 g/mol. The predicted octanol–water partition coefficient (Wildman–Crippen LogP) is 1.75. The summed E-state index contributed by atoms with van der Waals surface area (Å²) in [5.74, 6) is -0.321. The fourth-order valence-corrected chi connectivity index (χ4v) is 2.74. The first-order valence-electron chi connectivity index (χ1n) is 7.15. The first-order chi connectivity index (χ1) is 10.2. The molecule has 0 saturated heterocycles. The molecule has 0 heterocycles. The van der Waals surface area contributed by atoms with Crippen LogP contribution in [0.3, 0.4) is 0 Å². The fraction of sp³-hybridized carbons (Fsp3) is 0.533. The number of hydrogen-bond acceptors (Lipinski definition) is 3. The molecular formula is C15H23FN2O3S. The van der Waals surface area contributed by atoms with Crippen molar-refractivity contribution in [1.82, 2.24) is 9.62 Å². The second-order valence-corrected chi connectivity index (χ2v) is 7.62. The van der Waals surface area contributed by atoms with E-state index in [0.29, 0.717) is 12.0 Å². The van der Waals surface area contributed by atoms with Gasteiger partial charge in [-0.3, -0.25) is 4.79 Å². The number of benzene rings is 1. The number of amides is 1. The number of nitrogens with zero attached hydrogens (tertiary/aromatic N) is 1. The quantitative estimate of drug-likeness (QED) is 0.790. The largest absolute Gasteiger partial charge is 0.355 e. The summed E-state index contributed by atoms with van der Waals surface area (Å²) < 4.78 is 38.4. The van der Waals surface area contributed by atoms with Crippen LogP contribution in [0.2, 0.25) is 0 Å². The maximum Gasteiger partial charge on any atom is 0.220 e. The van der Waals surface area contributed by atoms with Gasteiger partial charge in [-0.15, -0.1) is 0 Å². The molecule has 0 aliphatic heterocycles. The third-order valence-corrected chi connectivity index (χ3v) is 4.30. The molecule has 1 N–H and O–H groups in total. The monoisotopic (exact) mass is 330 g/mol. The van der Waals surface area contributed by atoms with Crippen molar-refractivity contribution in [2.45, 2.75) is 26.8 Å². The Morgan fingerprint density at radius 2 is 1.95 bits per heavy atom. The summed E-state index contributed by atoms with van der Waals surface area (Å²) in [6.45, 7) is 4.12. The highest BCUT2D eigenvalue weighted by Crippen LogP contribution is 2.12. The van der Waals surface area contributed by atoms with E-state index in [2.05, 4.69) is 5.32 Å². The molecule has 0 bridgehead atoms. The summed E-state index contributed by atoms with van der Waals surface area (Å²) in [5, 5.41) is 2.68. The van der Waals surface area contributed by atoms with Crippen LogP contribution in [0.1, 0.15) is 25.8 Å². The van der Waals surface area contributed by atoms with Crippen LogP contribution < -0.4 is 5.32 Å². The lowest BCUT2D eigenvalue weighted by atomic mass is 10.1. The van der Waals surface area contributed by atoms with E-state index in [4.69, 9.17) is 0 Å². The maximum absolute atomic E-state index is 13.6. The molecule has 0 saturated carbocycles. The van der Waals surface area contributed by atoms with Gasteiger partial charge in [-0.25, -0.2) is 12.8 Å². The van der Waals surface area contributed by atoms with Crippen LogP contribution in [0.4, 0.5) is 4.39 Å². The fourth-order valence-electron chi connectivity index (χ4n) is 1.94. The molecule has 0 aliphatic carbocycles. The van der Waals surface area contributed by atoms with Crippen LogP contribution in [-0.4, -0.2) is 38.0 Å². The highest BCUT2D eigenvalue weighted by Gasteiger charge is 2.18. The Morgan fingerprint density at radius 1 is 1.32 bits per heavy atom. The van der Waals surface area contributed by atoms with E-state index >= 15 is 0 Å². The number of carbonyl (C=O) groups excluding carboxylic acids is 1. The minimum atomic E-state index is -3.49. The summed E-state index contributed by atoms with van der Waals surface area (Å²) in [4.78, 5) is 11.6. The van der Waals surface area contributed by atoms with Gasteiger partial charge < -0.3 is 5.32 Å². The third-order valence-electron chi connectivity index (χ3n) is 3.05. The average molecular weight is 330 g/mol. The molecule has 0 fully saturated rings. The molecule has 22 heavy (non-hydrogen) atoms. The van der Waals surface area contributed by atoms with Crippen molar-refractivity contribution < 1.29 is 17.6 Å². The molecule has 1 rings (SSSR count). The SMILES string of the molecule is CC(C)CC(=O)NCCN(Cc1ccccc1F)S(C)(=O)=O. The minimum absolute atomic E-state index is 0.0500. The van der Waals surface area contributed by atoms with Gasteiger partial charge in [0.2, 0.25) is 15.9 Å². The smallest absolute Gasteiger partial charge is 0.220 e. The van der Waals surface area contributed by atoms with Crippen LogP contribution in [-0.2, 0) is 21.4 Å². The lowest BCUT2D eigenvalue weighted by Crippen LogP contribution is -2.38. The van der Waals surface area contributed by atoms with Crippen molar-refractivity contribution in [1.29, 1.82) is 0 Å². The van der Waals surface area contributed by atoms with Crippen molar-refractivity contribution in [3.63, 3.8) is 0 Å². The summed E-state index contributed by atoms with van der Waals surface area (Å²) in [6.07, 6.45) is 1.47. The Hall–Kier alpha value is -1.47. The van der Waals surface area contributed by atoms with Gasteiger partial charge in [0, 0.05) is 31.6 Å². The van der Waals surface area contributed by atoms with Gasteiger partial charge in [0.25, 0.3) is 0 Å². The normalized spacial score (nSPS) is 11.9. The van der Waals surface area contributed by atoms with E-state index < -0.39 is 15.8 Å². The van der Waals surface area contributed by atoms with Crippen LogP contribution in [0, 0.1) is 11.7 Å². The van der Waals surface area contributed by atoms with E-state index in [-0.39, 0.29) is 31.5 Å². The molecule has 1 aromatic rings. The van der Waals surface area contributed by atoms with Crippen molar-refractivity contribution in [2.24, 2.45) is 5.92 Å².